The zero-order valence-electron chi connectivity index (χ0n) is 20.4. The number of amides is 1. The van der Waals surface area contributed by atoms with E-state index < -0.39 is 5.97 Å². The fraction of sp³-hybridized carbons (Fsp3) is 0.519. The van der Waals surface area contributed by atoms with Crippen molar-refractivity contribution < 1.29 is 19.2 Å². The number of carbonyl (C=O) groups is 2. The number of allylic oxidation sites excluding steroid dienone is 3. The number of hydrogen-bond donors (Lipinski definition) is 0. The first-order chi connectivity index (χ1) is 16.4. The summed E-state index contributed by atoms with van der Waals surface area (Å²) in [6.07, 6.45) is 12.7. The summed E-state index contributed by atoms with van der Waals surface area (Å²) in [5, 5.41) is 4.80. The molecular formula is C27H35ClN2O4. The van der Waals surface area contributed by atoms with Crippen LogP contribution in [0.4, 0.5) is 0 Å². The van der Waals surface area contributed by atoms with Crippen molar-refractivity contribution in [3.63, 3.8) is 0 Å². The topological polar surface area (TPSA) is 68.2 Å². The Balaban J connectivity index is 1.83. The smallest absolute Gasteiger partial charge is 0.338 e. The van der Waals surface area contributed by atoms with Gasteiger partial charge in [0.1, 0.15) is 0 Å². The molecule has 6 nitrogen and oxygen atoms in total. The van der Waals surface area contributed by atoms with Crippen molar-refractivity contribution in [3.8, 4) is 0 Å². The van der Waals surface area contributed by atoms with Crippen molar-refractivity contribution in [1.82, 2.24) is 4.90 Å². The van der Waals surface area contributed by atoms with E-state index in [4.69, 9.17) is 21.2 Å². The number of hydrogen-bond acceptors (Lipinski definition) is 5. The van der Waals surface area contributed by atoms with Crippen molar-refractivity contribution in [2.75, 3.05) is 26.3 Å². The molecule has 0 aliphatic carbocycles. The fourth-order valence-electron chi connectivity index (χ4n) is 4.26. The second kappa shape index (κ2) is 12.7. The standard InChI is InChI=1S/C27H35ClN2O4/c1-19-11-13-30(14-12-19)24(31)18-34-29-22-10-8-6-4-5-7-9-15-33-27(32)25-20(2)16-21(3)26(28)23(25)17-22/h5,7-8,10,16,19H,4,6,9,11-15,17-18H2,1-3H3/b7-5+,10-8+,29-22+. The van der Waals surface area contributed by atoms with Gasteiger partial charge in [0.15, 0.2) is 6.61 Å². The van der Waals surface area contributed by atoms with Gasteiger partial charge in [-0.3, -0.25) is 4.79 Å². The number of carbonyl (C=O) groups excluding carboxylic acids is 2. The molecule has 1 saturated heterocycles. The SMILES string of the molecule is Cc1cc(C)c2c(c1Cl)CC(=N/OCC(=O)N1CCC(C)CC1)/C=C/CC/C=C/CCOC2=O. The highest BCUT2D eigenvalue weighted by Crippen LogP contribution is 2.29. The quantitative estimate of drug-likeness (QED) is 0.317. The number of halogens is 1. The number of esters is 1. The molecule has 0 unspecified atom stereocenters. The maximum atomic E-state index is 12.9. The van der Waals surface area contributed by atoms with E-state index in [2.05, 4.69) is 18.2 Å². The van der Waals surface area contributed by atoms with Crippen LogP contribution in [0.5, 0.6) is 0 Å². The van der Waals surface area contributed by atoms with Crippen LogP contribution in [0.2, 0.25) is 5.02 Å². The number of cyclic esters (lactones) is 1. The maximum absolute atomic E-state index is 12.9. The molecule has 0 aromatic heterocycles. The molecule has 2 aliphatic heterocycles. The van der Waals surface area contributed by atoms with Crippen molar-refractivity contribution in [2.45, 2.75) is 59.3 Å². The Hall–Kier alpha value is -2.60. The number of piperidine rings is 1. The number of likely N-dealkylation sites (tertiary alicyclic amines) is 1. The number of fused-ring (bicyclic) bond motifs is 1. The molecule has 34 heavy (non-hydrogen) atoms. The minimum atomic E-state index is -0.390. The third-order valence-electron chi connectivity index (χ3n) is 6.30. The van der Waals surface area contributed by atoms with Crippen LogP contribution in [0, 0.1) is 19.8 Å². The van der Waals surface area contributed by atoms with Gasteiger partial charge in [-0.15, -0.1) is 0 Å². The van der Waals surface area contributed by atoms with Gasteiger partial charge in [-0.25, -0.2) is 4.79 Å². The van der Waals surface area contributed by atoms with Gasteiger partial charge >= 0.3 is 5.97 Å². The van der Waals surface area contributed by atoms with Gasteiger partial charge in [0.25, 0.3) is 5.91 Å². The number of oxime groups is 1. The molecular weight excluding hydrogens is 452 g/mol. The lowest BCUT2D eigenvalue weighted by atomic mass is 9.94. The van der Waals surface area contributed by atoms with E-state index in [9.17, 15) is 9.59 Å². The van der Waals surface area contributed by atoms with Crippen molar-refractivity contribution in [2.24, 2.45) is 11.1 Å². The summed E-state index contributed by atoms with van der Waals surface area (Å²) in [6.45, 7) is 7.74. The molecule has 1 fully saturated rings. The summed E-state index contributed by atoms with van der Waals surface area (Å²) in [7, 11) is 0. The number of nitrogens with zero attached hydrogens (tertiary/aromatic N) is 2. The van der Waals surface area contributed by atoms with Crippen LogP contribution in [0.25, 0.3) is 0 Å². The summed E-state index contributed by atoms with van der Waals surface area (Å²) in [4.78, 5) is 32.8. The Labute approximate surface area is 207 Å². The monoisotopic (exact) mass is 486 g/mol. The Bertz CT molecular complexity index is 975. The molecule has 1 aromatic carbocycles. The van der Waals surface area contributed by atoms with Gasteiger partial charge in [0.05, 0.1) is 17.9 Å². The average molecular weight is 487 g/mol. The molecule has 0 saturated carbocycles. The van der Waals surface area contributed by atoms with Gasteiger partial charge in [-0.1, -0.05) is 48.0 Å². The van der Waals surface area contributed by atoms with Crippen LogP contribution in [-0.2, 0) is 20.8 Å². The molecule has 1 amide bonds. The van der Waals surface area contributed by atoms with Gasteiger partial charge in [0.2, 0.25) is 0 Å². The Morgan fingerprint density at radius 3 is 2.62 bits per heavy atom. The molecule has 2 heterocycles. The fourth-order valence-corrected chi connectivity index (χ4v) is 4.47. The zero-order chi connectivity index (χ0) is 24.5. The highest BCUT2D eigenvalue weighted by atomic mass is 35.5. The molecule has 0 bridgehead atoms. The van der Waals surface area contributed by atoms with Gasteiger partial charge in [-0.05, 0) is 74.6 Å². The van der Waals surface area contributed by atoms with Crippen LogP contribution >= 0.6 is 11.6 Å². The minimum absolute atomic E-state index is 0.0556. The van der Waals surface area contributed by atoms with E-state index in [1.165, 1.54) is 0 Å². The summed E-state index contributed by atoms with van der Waals surface area (Å²) in [5.74, 6) is 0.205. The largest absolute Gasteiger partial charge is 0.462 e. The molecule has 3 rings (SSSR count). The van der Waals surface area contributed by atoms with Crippen molar-refractivity contribution >= 4 is 29.2 Å². The van der Waals surface area contributed by atoms with Gasteiger partial charge in [0, 0.05) is 24.5 Å². The molecule has 2 aliphatic rings. The molecule has 184 valence electrons. The molecule has 0 spiro atoms. The number of ether oxygens (including phenoxy) is 1. The van der Waals surface area contributed by atoms with Crippen LogP contribution < -0.4 is 0 Å². The van der Waals surface area contributed by atoms with Gasteiger partial charge in [-0.2, -0.15) is 0 Å². The average Bonchev–Trinajstić information content (AvgIpc) is 2.80. The van der Waals surface area contributed by atoms with E-state index in [0.29, 0.717) is 47.2 Å². The van der Waals surface area contributed by atoms with Crippen LogP contribution in [0.3, 0.4) is 0 Å². The minimum Gasteiger partial charge on any atom is -0.462 e. The van der Waals surface area contributed by atoms with E-state index in [-0.39, 0.29) is 12.5 Å². The Kier molecular flexibility index (Phi) is 9.75. The number of aryl methyl sites for hydroxylation is 2. The van der Waals surface area contributed by atoms with E-state index in [0.717, 1.165) is 49.9 Å². The highest BCUT2D eigenvalue weighted by molar-refractivity contribution is 6.33. The third-order valence-corrected chi connectivity index (χ3v) is 6.83. The highest BCUT2D eigenvalue weighted by Gasteiger charge is 2.23. The Morgan fingerprint density at radius 1 is 1.15 bits per heavy atom. The van der Waals surface area contributed by atoms with E-state index >= 15 is 0 Å². The summed E-state index contributed by atoms with van der Waals surface area (Å²) < 4.78 is 5.52. The molecule has 0 radical (unpaired) electrons. The lowest BCUT2D eigenvalue weighted by Gasteiger charge is -2.29. The molecule has 7 heteroatoms. The van der Waals surface area contributed by atoms with Crippen LogP contribution in [0.1, 0.15) is 66.1 Å². The van der Waals surface area contributed by atoms with Crippen molar-refractivity contribution in [3.05, 3.63) is 57.6 Å². The number of benzene rings is 1. The summed E-state index contributed by atoms with van der Waals surface area (Å²) >= 11 is 6.66. The predicted molar refractivity (Wildman–Crippen MR) is 135 cm³/mol. The van der Waals surface area contributed by atoms with E-state index in [1.54, 1.807) is 0 Å². The first kappa shape index (κ1) is 26.0. The van der Waals surface area contributed by atoms with Crippen LogP contribution in [0.15, 0.2) is 35.5 Å². The van der Waals surface area contributed by atoms with Crippen molar-refractivity contribution in [1.29, 1.82) is 0 Å². The third kappa shape index (κ3) is 7.20. The first-order valence-corrected chi connectivity index (χ1v) is 12.5. The second-order valence-corrected chi connectivity index (χ2v) is 9.53. The predicted octanol–water partition coefficient (Wildman–Crippen LogP) is 5.58. The molecule has 1 aromatic rings. The maximum Gasteiger partial charge on any atom is 0.338 e. The lowest BCUT2D eigenvalue weighted by Crippen LogP contribution is -2.39. The second-order valence-electron chi connectivity index (χ2n) is 9.15. The van der Waals surface area contributed by atoms with E-state index in [1.807, 2.05) is 43.0 Å². The molecule has 0 atom stereocenters. The number of rotatable bonds is 3. The van der Waals surface area contributed by atoms with Crippen LogP contribution in [-0.4, -0.2) is 48.8 Å². The first-order valence-electron chi connectivity index (χ1n) is 12.1. The summed E-state index contributed by atoms with van der Waals surface area (Å²) in [6, 6.07) is 1.90. The molecule has 0 N–H and O–H groups in total. The van der Waals surface area contributed by atoms with Gasteiger partial charge < -0.3 is 14.5 Å². The zero-order valence-corrected chi connectivity index (χ0v) is 21.2. The Morgan fingerprint density at radius 2 is 1.85 bits per heavy atom. The normalized spacial score (nSPS) is 21.4. The lowest BCUT2D eigenvalue weighted by molar-refractivity contribution is -0.137. The summed E-state index contributed by atoms with van der Waals surface area (Å²) in [5.41, 5.74) is 3.43.